The van der Waals surface area contributed by atoms with Crippen molar-refractivity contribution < 1.29 is 33.3 Å². The smallest absolute Gasteiger partial charge is 0.338 e. The van der Waals surface area contributed by atoms with E-state index in [1.165, 1.54) is 4.57 Å². The first-order valence-electron chi connectivity index (χ1n) is 12.4. The summed E-state index contributed by atoms with van der Waals surface area (Å²) in [7, 11) is 0. The van der Waals surface area contributed by atoms with Gasteiger partial charge in [0.25, 0.3) is 5.56 Å². The number of carbonyl (C=O) groups excluding carboxylic acids is 1. The molecule has 2 aromatic heterocycles. The van der Waals surface area contributed by atoms with Crippen LogP contribution >= 0.6 is 11.3 Å². The van der Waals surface area contributed by atoms with E-state index in [0.29, 0.717) is 55.8 Å². The van der Waals surface area contributed by atoms with Crippen LogP contribution in [0.1, 0.15) is 41.6 Å². The lowest BCUT2D eigenvalue weighted by Gasteiger charge is -2.23. The number of carbonyl (C=O) groups is 2. The molecule has 6 rings (SSSR count). The molecule has 2 aromatic carbocycles. The summed E-state index contributed by atoms with van der Waals surface area (Å²) in [4.78, 5) is 42.7. The maximum atomic E-state index is 13.7. The van der Waals surface area contributed by atoms with Crippen LogP contribution in [0.25, 0.3) is 17.4 Å². The van der Waals surface area contributed by atoms with Gasteiger partial charge < -0.3 is 23.7 Å². The van der Waals surface area contributed by atoms with Crippen molar-refractivity contribution in [3.8, 4) is 22.8 Å². The number of rotatable bonds is 6. The summed E-state index contributed by atoms with van der Waals surface area (Å²) >= 11 is 1.15. The van der Waals surface area contributed by atoms with Gasteiger partial charge in [0.1, 0.15) is 11.5 Å². The largest absolute Gasteiger partial charge is 0.478 e. The van der Waals surface area contributed by atoms with Gasteiger partial charge in [-0.05, 0) is 55.8 Å². The van der Waals surface area contributed by atoms with Gasteiger partial charge in [-0.1, -0.05) is 29.5 Å². The Morgan fingerprint density at radius 2 is 1.90 bits per heavy atom. The molecule has 4 heterocycles. The summed E-state index contributed by atoms with van der Waals surface area (Å²) in [5, 5.41) is 10.0. The van der Waals surface area contributed by atoms with E-state index in [0.717, 1.165) is 16.9 Å². The van der Waals surface area contributed by atoms with Crippen LogP contribution in [0.4, 0.5) is 0 Å². The average Bonchev–Trinajstić information content (AvgIpc) is 3.67. The number of benzene rings is 2. The minimum absolute atomic E-state index is 0.00404. The van der Waals surface area contributed by atoms with Gasteiger partial charge in [0.15, 0.2) is 16.3 Å². The molecule has 0 aliphatic carbocycles. The van der Waals surface area contributed by atoms with Gasteiger partial charge in [0, 0.05) is 11.6 Å². The van der Waals surface area contributed by atoms with Crippen LogP contribution in [0, 0.1) is 0 Å². The van der Waals surface area contributed by atoms with Gasteiger partial charge in [-0.25, -0.2) is 14.6 Å². The molecule has 40 heavy (non-hydrogen) atoms. The number of nitrogens with zero attached hydrogens (tertiary/aromatic N) is 2. The van der Waals surface area contributed by atoms with Crippen molar-refractivity contribution in [1.29, 1.82) is 0 Å². The summed E-state index contributed by atoms with van der Waals surface area (Å²) in [6, 6.07) is 14.5. The van der Waals surface area contributed by atoms with Gasteiger partial charge >= 0.3 is 11.9 Å². The third kappa shape index (κ3) is 4.39. The van der Waals surface area contributed by atoms with Crippen LogP contribution in [0.3, 0.4) is 0 Å². The third-order valence-electron chi connectivity index (χ3n) is 6.55. The number of aromatic nitrogens is 1. The Labute approximate surface area is 230 Å². The SMILES string of the molecule is CCOC(=O)c1ccc(-c2ccc(C=c3sc4n(c3=O)C(c3ccc5c(c3)OCO5)C(C(=O)O)=C(C)N=4)o2)cc1. The molecule has 2 aliphatic heterocycles. The van der Waals surface area contributed by atoms with E-state index in [1.807, 2.05) is 0 Å². The molecule has 0 amide bonds. The quantitative estimate of drug-likeness (QED) is 0.356. The zero-order valence-corrected chi connectivity index (χ0v) is 22.2. The van der Waals surface area contributed by atoms with Crippen LogP contribution in [0.5, 0.6) is 11.5 Å². The van der Waals surface area contributed by atoms with Gasteiger partial charge in [-0.2, -0.15) is 0 Å². The average molecular weight is 559 g/mol. The summed E-state index contributed by atoms with van der Waals surface area (Å²) in [6.45, 7) is 3.73. The van der Waals surface area contributed by atoms with Crippen molar-refractivity contribution in [2.45, 2.75) is 19.9 Å². The van der Waals surface area contributed by atoms with E-state index in [2.05, 4.69) is 4.99 Å². The van der Waals surface area contributed by atoms with Gasteiger partial charge in [0.2, 0.25) is 6.79 Å². The van der Waals surface area contributed by atoms with E-state index < -0.39 is 23.5 Å². The molecule has 2 aliphatic rings. The lowest BCUT2D eigenvalue weighted by Crippen LogP contribution is -2.39. The molecule has 0 radical (unpaired) electrons. The highest BCUT2D eigenvalue weighted by Gasteiger charge is 2.33. The molecule has 1 N–H and O–H groups in total. The number of esters is 1. The lowest BCUT2D eigenvalue weighted by atomic mass is 9.95. The number of allylic oxidation sites excluding steroid dienone is 1. The molecule has 0 bridgehead atoms. The van der Waals surface area contributed by atoms with Crippen molar-refractivity contribution in [2.75, 3.05) is 13.4 Å². The van der Waals surface area contributed by atoms with E-state index in [4.69, 9.17) is 18.6 Å². The fourth-order valence-electron chi connectivity index (χ4n) is 4.69. The fourth-order valence-corrected chi connectivity index (χ4v) is 5.72. The lowest BCUT2D eigenvalue weighted by molar-refractivity contribution is -0.133. The van der Waals surface area contributed by atoms with Crippen LogP contribution in [0.2, 0.25) is 0 Å². The number of hydrogen-bond donors (Lipinski definition) is 1. The fraction of sp³-hybridized carbons (Fsp3) is 0.172. The molecular formula is C29H22N2O8S. The molecule has 0 spiro atoms. The molecule has 4 aromatic rings. The van der Waals surface area contributed by atoms with Gasteiger partial charge in [0.05, 0.1) is 34.0 Å². The second-order valence-corrected chi connectivity index (χ2v) is 10.0. The summed E-state index contributed by atoms with van der Waals surface area (Å²) < 4.78 is 23.6. The number of carboxylic acid groups (broad SMARTS) is 1. The first-order chi connectivity index (χ1) is 19.3. The van der Waals surface area contributed by atoms with E-state index in [-0.39, 0.29) is 12.4 Å². The molecule has 0 fully saturated rings. The van der Waals surface area contributed by atoms with E-state index in [1.54, 1.807) is 74.5 Å². The summed E-state index contributed by atoms with van der Waals surface area (Å²) in [6.07, 6.45) is 1.61. The van der Waals surface area contributed by atoms with E-state index >= 15 is 0 Å². The molecule has 0 saturated carbocycles. The maximum absolute atomic E-state index is 13.7. The monoisotopic (exact) mass is 558 g/mol. The number of furan rings is 1. The maximum Gasteiger partial charge on any atom is 0.338 e. The number of carboxylic acids is 1. The minimum atomic E-state index is -1.16. The molecule has 11 heteroatoms. The van der Waals surface area contributed by atoms with Crippen molar-refractivity contribution >= 4 is 29.4 Å². The van der Waals surface area contributed by atoms with Crippen LogP contribution in [-0.2, 0) is 9.53 Å². The number of thiazole rings is 1. The predicted octanol–water partition coefficient (Wildman–Crippen LogP) is 3.49. The molecule has 1 unspecified atom stereocenters. The standard InChI is InChI=1S/C29H22N2O8S/c1-3-36-28(35)17-6-4-16(5-7-17)20-11-9-19(39-20)13-23-26(32)31-25(18-8-10-21-22(12-18)38-14-37-21)24(27(33)34)15(2)30-29(31)40-23/h4-13,25H,3,14H2,1-2H3,(H,33,34). The van der Waals surface area contributed by atoms with Crippen molar-refractivity contribution in [2.24, 2.45) is 4.99 Å². The Kier molecular flexibility index (Phi) is 6.35. The topological polar surface area (TPSA) is 130 Å². The molecule has 0 saturated heterocycles. The second kappa shape index (κ2) is 10.0. The van der Waals surface area contributed by atoms with Crippen molar-refractivity contribution in [1.82, 2.24) is 4.57 Å². The Hall–Kier alpha value is -4.90. The zero-order chi connectivity index (χ0) is 28.0. The van der Waals surface area contributed by atoms with Crippen LogP contribution in [-0.4, -0.2) is 35.0 Å². The summed E-state index contributed by atoms with van der Waals surface area (Å²) in [5.74, 6) is 0.461. The number of fused-ring (bicyclic) bond motifs is 2. The van der Waals surface area contributed by atoms with Crippen molar-refractivity contribution in [3.05, 3.63) is 102 Å². The second-order valence-electron chi connectivity index (χ2n) is 9.00. The highest BCUT2D eigenvalue weighted by Crippen LogP contribution is 2.38. The molecule has 10 nitrogen and oxygen atoms in total. The van der Waals surface area contributed by atoms with E-state index in [9.17, 15) is 19.5 Å². The first kappa shape index (κ1) is 25.4. The number of ether oxygens (including phenoxy) is 3. The third-order valence-corrected chi connectivity index (χ3v) is 7.53. The molecule has 202 valence electrons. The van der Waals surface area contributed by atoms with Crippen molar-refractivity contribution in [3.63, 3.8) is 0 Å². The van der Waals surface area contributed by atoms with Crippen LogP contribution < -0.4 is 24.4 Å². The number of hydrogen-bond acceptors (Lipinski definition) is 9. The van der Waals surface area contributed by atoms with Gasteiger partial charge in [-0.15, -0.1) is 0 Å². The molecule has 1 atom stereocenters. The Morgan fingerprint density at radius 1 is 1.12 bits per heavy atom. The Morgan fingerprint density at radius 3 is 2.65 bits per heavy atom. The minimum Gasteiger partial charge on any atom is -0.478 e. The zero-order valence-electron chi connectivity index (χ0n) is 21.4. The highest BCUT2D eigenvalue weighted by atomic mass is 32.1. The first-order valence-corrected chi connectivity index (χ1v) is 13.2. The molecular weight excluding hydrogens is 536 g/mol. The normalized spacial score (nSPS) is 16.1. The highest BCUT2D eigenvalue weighted by molar-refractivity contribution is 7.07. The Balaban J connectivity index is 1.39. The summed E-state index contributed by atoms with van der Waals surface area (Å²) in [5.41, 5.74) is 1.67. The van der Waals surface area contributed by atoms with Crippen LogP contribution in [0.15, 0.2) is 80.1 Å². The predicted molar refractivity (Wildman–Crippen MR) is 144 cm³/mol. The number of aliphatic carboxylic acids is 1. The Bertz CT molecular complexity index is 1880. The van der Waals surface area contributed by atoms with Gasteiger partial charge in [-0.3, -0.25) is 9.36 Å².